The number of hydrogen-bond donors (Lipinski definition) is 3. The molecule has 2 atom stereocenters. The predicted octanol–water partition coefficient (Wildman–Crippen LogP) is 2.41. The molecule has 0 bridgehead atoms. The summed E-state index contributed by atoms with van der Waals surface area (Å²) < 4.78 is 0. The van der Waals surface area contributed by atoms with Gasteiger partial charge in [-0.25, -0.2) is 4.98 Å². The van der Waals surface area contributed by atoms with E-state index in [0.717, 1.165) is 22.7 Å². The summed E-state index contributed by atoms with van der Waals surface area (Å²) in [5.74, 6) is 0.281. The van der Waals surface area contributed by atoms with E-state index in [2.05, 4.69) is 17.2 Å². The van der Waals surface area contributed by atoms with Gasteiger partial charge in [0.2, 0.25) is 0 Å². The lowest BCUT2D eigenvalue weighted by atomic mass is 10.1. The first-order chi connectivity index (χ1) is 9.54. The van der Waals surface area contributed by atoms with Gasteiger partial charge in [-0.3, -0.25) is 0 Å². The van der Waals surface area contributed by atoms with Crippen molar-refractivity contribution in [2.24, 2.45) is 0 Å². The zero-order valence-corrected chi connectivity index (χ0v) is 12.5. The Bertz CT molecular complexity index is 539. The fourth-order valence-electron chi connectivity index (χ4n) is 2.01. The Hall–Kier alpha value is -1.43. The van der Waals surface area contributed by atoms with Crippen LogP contribution in [-0.2, 0) is 6.42 Å². The lowest BCUT2D eigenvalue weighted by Gasteiger charge is -2.16. The van der Waals surface area contributed by atoms with Crippen molar-refractivity contribution >= 4 is 11.3 Å². The summed E-state index contributed by atoms with van der Waals surface area (Å²) in [7, 11) is 0. The fraction of sp³-hybridized carbons (Fsp3) is 0.400. The zero-order chi connectivity index (χ0) is 14.5. The van der Waals surface area contributed by atoms with Crippen LogP contribution in [0.4, 0.5) is 0 Å². The molecule has 2 aromatic rings. The van der Waals surface area contributed by atoms with Gasteiger partial charge in [-0.1, -0.05) is 12.1 Å². The summed E-state index contributed by atoms with van der Waals surface area (Å²) in [4.78, 5) is 4.28. The second-order valence-electron chi connectivity index (χ2n) is 4.99. The van der Waals surface area contributed by atoms with Crippen molar-refractivity contribution in [1.82, 2.24) is 10.3 Å². The van der Waals surface area contributed by atoms with Gasteiger partial charge < -0.3 is 15.5 Å². The number of benzene rings is 1. The number of phenolic OH excluding ortho intramolecular Hbond substituents is 1. The zero-order valence-electron chi connectivity index (χ0n) is 11.7. The third kappa shape index (κ3) is 4.30. The first kappa shape index (κ1) is 15.0. The summed E-state index contributed by atoms with van der Waals surface area (Å²) in [6, 6.07) is 7.44. The Balaban J connectivity index is 1.80. The first-order valence-electron chi connectivity index (χ1n) is 6.66. The number of aliphatic hydroxyl groups is 1. The largest absolute Gasteiger partial charge is 0.508 e. The van der Waals surface area contributed by atoms with Gasteiger partial charge in [0.15, 0.2) is 0 Å². The summed E-state index contributed by atoms with van der Waals surface area (Å²) in [5, 5.41) is 25.4. The maximum atomic E-state index is 10.0. The molecule has 3 N–H and O–H groups in total. The molecule has 108 valence electrons. The van der Waals surface area contributed by atoms with Gasteiger partial charge in [0.25, 0.3) is 0 Å². The number of hydrogen-bond acceptors (Lipinski definition) is 5. The number of aryl methyl sites for hydroxylation is 1. The topological polar surface area (TPSA) is 65.4 Å². The lowest BCUT2D eigenvalue weighted by Crippen LogP contribution is -2.32. The van der Waals surface area contributed by atoms with Crippen LogP contribution in [0.3, 0.4) is 0 Å². The molecule has 0 aliphatic carbocycles. The highest BCUT2D eigenvalue weighted by molar-refractivity contribution is 7.09. The van der Waals surface area contributed by atoms with E-state index >= 15 is 0 Å². The Morgan fingerprint density at radius 3 is 2.60 bits per heavy atom. The smallest absolute Gasteiger partial charge is 0.115 e. The summed E-state index contributed by atoms with van der Waals surface area (Å²) >= 11 is 1.55. The molecule has 0 radical (unpaired) electrons. The molecule has 2 rings (SSSR count). The molecule has 2 unspecified atom stereocenters. The van der Waals surface area contributed by atoms with Crippen molar-refractivity contribution in [3.8, 4) is 5.75 Å². The van der Waals surface area contributed by atoms with E-state index in [9.17, 15) is 10.2 Å². The molecule has 0 fully saturated rings. The van der Waals surface area contributed by atoms with E-state index < -0.39 is 6.10 Å². The quantitative estimate of drug-likeness (QED) is 0.765. The number of phenols is 1. The number of aliphatic hydroxyl groups excluding tert-OH is 1. The Morgan fingerprint density at radius 2 is 2.00 bits per heavy atom. The molecule has 5 heteroatoms. The van der Waals surface area contributed by atoms with Crippen molar-refractivity contribution in [3.05, 3.63) is 45.9 Å². The van der Waals surface area contributed by atoms with Gasteiger partial charge in [0, 0.05) is 18.0 Å². The molecular weight excluding hydrogens is 272 g/mol. The van der Waals surface area contributed by atoms with Gasteiger partial charge in [0.1, 0.15) is 11.9 Å². The molecule has 1 heterocycles. The van der Waals surface area contributed by atoms with Crippen molar-refractivity contribution in [3.63, 3.8) is 0 Å². The predicted molar refractivity (Wildman–Crippen MR) is 81.1 cm³/mol. The van der Waals surface area contributed by atoms with Crippen molar-refractivity contribution < 1.29 is 10.2 Å². The monoisotopic (exact) mass is 292 g/mol. The summed E-state index contributed by atoms with van der Waals surface area (Å²) in [6.07, 6.45) is 0.283. The molecule has 1 aromatic carbocycles. The second-order valence-corrected chi connectivity index (χ2v) is 6.05. The molecule has 4 nitrogen and oxygen atoms in total. The molecule has 0 saturated heterocycles. The van der Waals surface area contributed by atoms with Crippen LogP contribution in [0, 0.1) is 6.92 Å². The highest BCUT2D eigenvalue weighted by Gasteiger charge is 2.12. The van der Waals surface area contributed by atoms with E-state index in [1.807, 2.05) is 24.4 Å². The average Bonchev–Trinajstić information content (AvgIpc) is 2.85. The Morgan fingerprint density at radius 1 is 1.30 bits per heavy atom. The van der Waals surface area contributed by atoms with Crippen LogP contribution >= 0.6 is 11.3 Å². The van der Waals surface area contributed by atoms with Crippen LogP contribution in [-0.4, -0.2) is 27.8 Å². The number of nitrogens with zero attached hydrogens (tertiary/aromatic N) is 1. The van der Waals surface area contributed by atoms with Crippen molar-refractivity contribution in [1.29, 1.82) is 0 Å². The van der Waals surface area contributed by atoms with Gasteiger partial charge in [-0.15, -0.1) is 11.3 Å². The minimum atomic E-state index is -0.567. The number of thiazole rings is 1. The van der Waals surface area contributed by atoms with Crippen LogP contribution in [0.1, 0.15) is 29.3 Å². The lowest BCUT2D eigenvalue weighted by molar-refractivity contribution is 0.166. The number of aromatic nitrogens is 1. The molecular formula is C15H20N2O2S. The summed E-state index contributed by atoms with van der Waals surface area (Å²) in [5.41, 5.74) is 1.89. The Labute approximate surface area is 123 Å². The molecule has 1 aromatic heterocycles. The van der Waals surface area contributed by atoms with Gasteiger partial charge in [-0.05, 0) is 38.0 Å². The van der Waals surface area contributed by atoms with Gasteiger partial charge >= 0.3 is 0 Å². The normalized spacial score (nSPS) is 14.2. The number of rotatable bonds is 6. The maximum absolute atomic E-state index is 10.0. The molecule has 20 heavy (non-hydrogen) atoms. The van der Waals surface area contributed by atoms with Crippen LogP contribution < -0.4 is 5.32 Å². The highest BCUT2D eigenvalue weighted by atomic mass is 32.1. The molecule has 0 aliphatic heterocycles. The van der Waals surface area contributed by atoms with Crippen molar-refractivity contribution in [2.45, 2.75) is 32.4 Å². The van der Waals surface area contributed by atoms with E-state index in [-0.39, 0.29) is 11.8 Å². The van der Waals surface area contributed by atoms with Crippen LogP contribution in [0.25, 0.3) is 0 Å². The fourth-order valence-corrected chi connectivity index (χ4v) is 2.67. The van der Waals surface area contributed by atoms with Crippen molar-refractivity contribution in [2.75, 3.05) is 6.54 Å². The molecule has 0 saturated carbocycles. The van der Waals surface area contributed by atoms with Crippen LogP contribution in [0.15, 0.2) is 29.6 Å². The third-order valence-corrected chi connectivity index (χ3v) is 3.91. The molecule has 0 amide bonds. The first-order valence-corrected chi connectivity index (χ1v) is 7.54. The molecule has 0 aliphatic rings. The van der Waals surface area contributed by atoms with Crippen LogP contribution in [0.2, 0.25) is 0 Å². The van der Waals surface area contributed by atoms with Gasteiger partial charge in [-0.2, -0.15) is 0 Å². The van der Waals surface area contributed by atoms with E-state index in [0.29, 0.717) is 6.54 Å². The third-order valence-electron chi connectivity index (χ3n) is 3.12. The van der Waals surface area contributed by atoms with E-state index in [1.165, 1.54) is 0 Å². The average molecular weight is 292 g/mol. The van der Waals surface area contributed by atoms with E-state index in [1.54, 1.807) is 23.5 Å². The minimum absolute atomic E-state index is 0.244. The van der Waals surface area contributed by atoms with Gasteiger partial charge in [0.05, 0.1) is 10.7 Å². The Kier molecular flexibility index (Phi) is 5.11. The second kappa shape index (κ2) is 6.83. The standard InChI is InChI=1S/C15H20N2O2S/c1-10(7-12-3-5-13(18)6-4-12)16-8-15(19)14-9-20-11(2)17-14/h3-6,9-10,15-16,18-19H,7-8H2,1-2H3. The molecule has 0 spiro atoms. The number of nitrogens with one attached hydrogen (secondary N) is 1. The highest BCUT2D eigenvalue weighted by Crippen LogP contribution is 2.16. The van der Waals surface area contributed by atoms with Crippen LogP contribution in [0.5, 0.6) is 5.75 Å². The summed E-state index contributed by atoms with van der Waals surface area (Å²) in [6.45, 7) is 4.50. The SMILES string of the molecule is Cc1nc(C(O)CNC(C)Cc2ccc(O)cc2)cs1. The number of aromatic hydroxyl groups is 1. The maximum Gasteiger partial charge on any atom is 0.115 e. The van der Waals surface area contributed by atoms with E-state index in [4.69, 9.17) is 0 Å². The minimum Gasteiger partial charge on any atom is -0.508 e.